The average molecular weight is 494 g/mol. The second-order valence-corrected chi connectivity index (χ2v) is 8.75. The van der Waals surface area contributed by atoms with Gasteiger partial charge in [0.25, 0.3) is 0 Å². The summed E-state index contributed by atoms with van der Waals surface area (Å²) in [6.07, 6.45) is 2.97. The minimum Gasteiger partial charge on any atom is -0.457 e. The number of carbonyl (C=O) groups is 1. The number of hydrogen-bond acceptors (Lipinski definition) is 5. The number of aromatic nitrogens is 1. The van der Waals surface area contributed by atoms with Crippen molar-refractivity contribution in [1.82, 2.24) is 10.3 Å². The van der Waals surface area contributed by atoms with E-state index < -0.39 is 0 Å². The van der Waals surface area contributed by atoms with E-state index in [0.717, 1.165) is 16.9 Å². The Labute approximate surface area is 213 Å². The Balaban J connectivity index is 1.21. The van der Waals surface area contributed by atoms with Crippen LogP contribution in [0.4, 0.5) is 5.69 Å². The Morgan fingerprint density at radius 1 is 0.889 bits per heavy atom. The van der Waals surface area contributed by atoms with Crippen LogP contribution in [0.5, 0.6) is 0 Å². The molecule has 7 heteroatoms. The van der Waals surface area contributed by atoms with Crippen LogP contribution in [-0.4, -0.2) is 16.0 Å². The van der Waals surface area contributed by atoms with E-state index in [4.69, 9.17) is 21.1 Å². The fourth-order valence-corrected chi connectivity index (χ4v) is 3.90. The predicted molar refractivity (Wildman–Crippen MR) is 146 cm³/mol. The van der Waals surface area contributed by atoms with Gasteiger partial charge in [-0.15, -0.1) is 0 Å². The number of anilines is 1. The lowest BCUT2D eigenvalue weighted by Crippen LogP contribution is -2.32. The largest absolute Gasteiger partial charge is 0.457 e. The third kappa shape index (κ3) is 5.26. The minimum absolute atomic E-state index is 0.172. The van der Waals surface area contributed by atoms with Crippen molar-refractivity contribution in [3.8, 4) is 22.8 Å². The van der Waals surface area contributed by atoms with Gasteiger partial charge >= 0.3 is 0 Å². The number of furan rings is 1. The Bertz CT molecular complexity index is 1600. The highest BCUT2D eigenvalue weighted by Gasteiger charge is 2.11. The molecular formula is C29H23N3O3S. The molecule has 0 aliphatic heterocycles. The smallest absolute Gasteiger partial charge is 0.250 e. The van der Waals surface area contributed by atoms with Crippen LogP contribution in [0.1, 0.15) is 16.9 Å². The van der Waals surface area contributed by atoms with E-state index in [0.29, 0.717) is 28.4 Å². The van der Waals surface area contributed by atoms with E-state index in [1.807, 2.05) is 66.7 Å². The van der Waals surface area contributed by atoms with E-state index in [-0.39, 0.29) is 11.0 Å². The molecule has 2 aromatic heterocycles. The highest BCUT2D eigenvalue weighted by molar-refractivity contribution is 7.80. The van der Waals surface area contributed by atoms with E-state index in [9.17, 15) is 4.79 Å². The monoisotopic (exact) mass is 493 g/mol. The van der Waals surface area contributed by atoms with Crippen LogP contribution in [-0.2, 0) is 4.79 Å². The molecule has 0 atom stereocenters. The van der Waals surface area contributed by atoms with Gasteiger partial charge in [-0.1, -0.05) is 36.4 Å². The number of thiocarbonyl (C=S) groups is 1. The van der Waals surface area contributed by atoms with Gasteiger partial charge in [0.15, 0.2) is 10.7 Å². The predicted octanol–water partition coefficient (Wildman–Crippen LogP) is 6.90. The highest BCUT2D eigenvalue weighted by atomic mass is 32.1. The number of benzene rings is 3. The zero-order chi connectivity index (χ0) is 25.1. The van der Waals surface area contributed by atoms with Crippen LogP contribution >= 0.6 is 12.2 Å². The second-order valence-electron chi connectivity index (χ2n) is 8.35. The molecule has 0 aliphatic carbocycles. The van der Waals surface area contributed by atoms with Gasteiger partial charge in [0.2, 0.25) is 11.8 Å². The van der Waals surface area contributed by atoms with Crippen molar-refractivity contribution < 1.29 is 13.6 Å². The van der Waals surface area contributed by atoms with Crippen LogP contribution in [0.3, 0.4) is 0 Å². The lowest BCUT2D eigenvalue weighted by molar-refractivity contribution is -0.115. The summed E-state index contributed by atoms with van der Waals surface area (Å²) in [7, 11) is 0. The highest BCUT2D eigenvalue weighted by Crippen LogP contribution is 2.27. The molecule has 0 saturated carbocycles. The first-order valence-corrected chi connectivity index (χ1v) is 11.8. The maximum Gasteiger partial charge on any atom is 0.250 e. The summed E-state index contributed by atoms with van der Waals surface area (Å²) < 4.78 is 11.7. The van der Waals surface area contributed by atoms with Gasteiger partial charge in [-0.2, -0.15) is 0 Å². The van der Waals surface area contributed by atoms with Gasteiger partial charge in [0.1, 0.15) is 17.0 Å². The zero-order valence-electron chi connectivity index (χ0n) is 19.7. The fourth-order valence-electron chi connectivity index (χ4n) is 3.68. The molecule has 5 aromatic rings. The molecule has 0 spiro atoms. The topological polar surface area (TPSA) is 80.3 Å². The number of amides is 1. The Morgan fingerprint density at radius 2 is 1.72 bits per heavy atom. The van der Waals surface area contributed by atoms with Crippen molar-refractivity contribution >= 4 is 46.1 Å². The maximum absolute atomic E-state index is 12.3. The normalized spacial score (nSPS) is 11.2. The number of oxazole rings is 1. The quantitative estimate of drug-likeness (QED) is 0.205. The van der Waals surface area contributed by atoms with Crippen molar-refractivity contribution in [2.45, 2.75) is 13.8 Å². The summed E-state index contributed by atoms with van der Waals surface area (Å²) in [5, 5.41) is 5.82. The molecule has 5 rings (SSSR count). The number of nitrogens with one attached hydrogen (secondary N) is 2. The van der Waals surface area contributed by atoms with Gasteiger partial charge < -0.3 is 14.2 Å². The van der Waals surface area contributed by atoms with E-state index in [2.05, 4.69) is 41.6 Å². The number of rotatable bonds is 5. The number of aryl methyl sites for hydroxylation is 2. The van der Waals surface area contributed by atoms with Gasteiger partial charge in [-0.05, 0) is 85.7 Å². The zero-order valence-corrected chi connectivity index (χ0v) is 20.6. The molecule has 0 fully saturated rings. The van der Waals surface area contributed by atoms with Crippen molar-refractivity contribution in [1.29, 1.82) is 0 Å². The summed E-state index contributed by atoms with van der Waals surface area (Å²) in [5.41, 5.74) is 6.33. The molecule has 1 amide bonds. The summed E-state index contributed by atoms with van der Waals surface area (Å²) in [6, 6.07) is 25.0. The molecule has 2 N–H and O–H groups in total. The Hall–Kier alpha value is -4.49. The van der Waals surface area contributed by atoms with E-state index in [1.165, 1.54) is 17.2 Å². The van der Waals surface area contributed by atoms with Gasteiger partial charge in [0, 0.05) is 22.9 Å². The average Bonchev–Trinajstić information content (AvgIpc) is 3.52. The lowest BCUT2D eigenvalue weighted by Gasteiger charge is -2.07. The molecule has 0 aliphatic rings. The van der Waals surface area contributed by atoms with Gasteiger partial charge in [0.05, 0.1) is 0 Å². The SMILES string of the molecule is Cc1ccc(-c2nc3cc(NC(=S)NC(=O)/C=C/c4ccc(-c5ccccc5)o4)ccc3o2)cc1C. The molecule has 6 nitrogen and oxygen atoms in total. The number of fused-ring (bicyclic) bond motifs is 1. The summed E-state index contributed by atoms with van der Waals surface area (Å²) >= 11 is 5.30. The van der Waals surface area contributed by atoms with Crippen molar-refractivity contribution in [3.63, 3.8) is 0 Å². The lowest BCUT2D eigenvalue weighted by atomic mass is 10.1. The summed E-state index contributed by atoms with van der Waals surface area (Å²) in [6.45, 7) is 4.13. The molecule has 3 aromatic carbocycles. The minimum atomic E-state index is -0.371. The first-order chi connectivity index (χ1) is 17.4. The first kappa shape index (κ1) is 23.3. The van der Waals surface area contributed by atoms with Gasteiger partial charge in [-0.3, -0.25) is 10.1 Å². The van der Waals surface area contributed by atoms with Crippen LogP contribution in [0, 0.1) is 13.8 Å². The molecule has 0 saturated heterocycles. The van der Waals surface area contributed by atoms with Crippen molar-refractivity contribution in [2.24, 2.45) is 0 Å². The second kappa shape index (κ2) is 10.0. The third-order valence-electron chi connectivity index (χ3n) is 5.72. The molecule has 0 bridgehead atoms. The fraction of sp³-hybridized carbons (Fsp3) is 0.0690. The third-order valence-corrected chi connectivity index (χ3v) is 5.92. The standard InChI is InChI=1S/C29H23N3O3S/c1-18-8-9-21(16-19(18)2)28-31-24-17-22(10-13-26(24)35-28)30-29(36)32-27(33)15-12-23-11-14-25(34-23)20-6-4-3-5-7-20/h3-17H,1-2H3,(H2,30,32,33,36)/b15-12+. The molecule has 0 unspecified atom stereocenters. The summed E-state index contributed by atoms with van der Waals surface area (Å²) in [4.78, 5) is 16.9. The van der Waals surface area contributed by atoms with E-state index >= 15 is 0 Å². The van der Waals surface area contributed by atoms with Crippen molar-refractivity contribution in [2.75, 3.05) is 5.32 Å². The Morgan fingerprint density at radius 3 is 2.53 bits per heavy atom. The van der Waals surface area contributed by atoms with Gasteiger partial charge in [-0.25, -0.2) is 4.98 Å². The first-order valence-electron chi connectivity index (χ1n) is 11.4. The Kier molecular flexibility index (Phi) is 6.47. The van der Waals surface area contributed by atoms with Crippen molar-refractivity contribution in [3.05, 3.63) is 102 Å². The summed E-state index contributed by atoms with van der Waals surface area (Å²) in [5.74, 6) is 1.49. The number of carbonyl (C=O) groups excluding carboxylic acids is 1. The van der Waals surface area contributed by atoms with Crippen LogP contribution in [0.25, 0.3) is 40.0 Å². The molecular weight excluding hydrogens is 470 g/mol. The number of nitrogens with zero attached hydrogens (tertiary/aromatic N) is 1. The van der Waals surface area contributed by atoms with Crippen LogP contribution < -0.4 is 10.6 Å². The van der Waals surface area contributed by atoms with E-state index in [1.54, 1.807) is 6.08 Å². The molecule has 0 radical (unpaired) electrons. The van der Waals surface area contributed by atoms with Crippen LogP contribution in [0.15, 0.2) is 93.8 Å². The molecule has 36 heavy (non-hydrogen) atoms. The maximum atomic E-state index is 12.3. The number of hydrogen-bond donors (Lipinski definition) is 2. The van der Waals surface area contributed by atoms with Crippen LogP contribution in [0.2, 0.25) is 0 Å². The molecule has 178 valence electrons. The molecule has 2 heterocycles.